The lowest BCUT2D eigenvalue weighted by atomic mass is 9.95. The quantitative estimate of drug-likeness (QED) is 0.362. The molecule has 0 heterocycles. The van der Waals surface area contributed by atoms with E-state index in [1.807, 2.05) is 105 Å². The van der Waals surface area contributed by atoms with Crippen LogP contribution in [0.15, 0.2) is 84.9 Å². The highest BCUT2D eigenvalue weighted by Crippen LogP contribution is 2.24. The fourth-order valence-electron chi connectivity index (χ4n) is 2.96. The highest BCUT2D eigenvalue weighted by atomic mass is 35.5. The van der Waals surface area contributed by atoms with Gasteiger partial charge in [-0.1, -0.05) is 86.1 Å². The van der Waals surface area contributed by atoms with Gasteiger partial charge in [0, 0.05) is 5.02 Å². The molecule has 3 rings (SSSR count). The SMILES string of the molecule is CC(C)C(/C=C/c1ccccc1Cl)C(=O)OCc1cccc(Oc2ccccc2)c1. The molecule has 0 aliphatic carbocycles. The van der Waals surface area contributed by atoms with Crippen molar-refractivity contribution in [1.29, 1.82) is 0 Å². The Balaban J connectivity index is 1.63. The molecular weight excluding hydrogens is 396 g/mol. The normalized spacial score (nSPS) is 12.1. The Morgan fingerprint density at radius 3 is 2.37 bits per heavy atom. The van der Waals surface area contributed by atoms with E-state index in [1.54, 1.807) is 0 Å². The minimum atomic E-state index is -0.356. The number of para-hydroxylation sites is 1. The summed E-state index contributed by atoms with van der Waals surface area (Å²) in [5.41, 5.74) is 1.75. The van der Waals surface area contributed by atoms with Crippen molar-refractivity contribution >= 4 is 23.6 Å². The second kappa shape index (κ2) is 10.7. The van der Waals surface area contributed by atoms with Gasteiger partial charge in [-0.3, -0.25) is 4.79 Å². The van der Waals surface area contributed by atoms with E-state index in [9.17, 15) is 4.79 Å². The van der Waals surface area contributed by atoms with Crippen molar-refractivity contribution in [2.45, 2.75) is 20.5 Å². The largest absolute Gasteiger partial charge is 0.460 e. The summed E-state index contributed by atoms with van der Waals surface area (Å²) in [6.07, 6.45) is 3.74. The summed E-state index contributed by atoms with van der Waals surface area (Å²) in [4.78, 5) is 12.7. The van der Waals surface area contributed by atoms with Crippen molar-refractivity contribution in [2.75, 3.05) is 0 Å². The van der Waals surface area contributed by atoms with Crippen molar-refractivity contribution in [3.05, 3.63) is 101 Å². The highest BCUT2D eigenvalue weighted by molar-refractivity contribution is 6.32. The maximum atomic E-state index is 12.7. The van der Waals surface area contributed by atoms with Crippen molar-refractivity contribution in [1.82, 2.24) is 0 Å². The first-order chi connectivity index (χ1) is 14.5. The highest BCUT2D eigenvalue weighted by Gasteiger charge is 2.21. The van der Waals surface area contributed by atoms with Crippen LogP contribution in [0.1, 0.15) is 25.0 Å². The zero-order chi connectivity index (χ0) is 21.3. The molecule has 0 radical (unpaired) electrons. The van der Waals surface area contributed by atoms with E-state index in [0.717, 1.165) is 16.9 Å². The molecule has 0 aromatic heterocycles. The zero-order valence-electron chi connectivity index (χ0n) is 17.1. The Kier molecular flexibility index (Phi) is 7.69. The lowest BCUT2D eigenvalue weighted by Crippen LogP contribution is -2.20. The Morgan fingerprint density at radius 1 is 0.933 bits per heavy atom. The summed E-state index contributed by atoms with van der Waals surface area (Å²) in [5.74, 6) is 0.946. The van der Waals surface area contributed by atoms with Crippen molar-refractivity contribution in [3.8, 4) is 11.5 Å². The van der Waals surface area contributed by atoms with Gasteiger partial charge in [-0.25, -0.2) is 0 Å². The Morgan fingerprint density at radius 2 is 1.63 bits per heavy atom. The predicted molar refractivity (Wildman–Crippen MR) is 122 cm³/mol. The number of halogens is 1. The van der Waals surface area contributed by atoms with Gasteiger partial charge in [0.1, 0.15) is 18.1 Å². The third kappa shape index (κ3) is 6.23. The molecule has 0 saturated heterocycles. The second-order valence-electron chi connectivity index (χ2n) is 7.32. The van der Waals surface area contributed by atoms with Crippen LogP contribution in [0.25, 0.3) is 6.08 Å². The van der Waals surface area contributed by atoms with Crippen molar-refractivity contribution in [3.63, 3.8) is 0 Å². The van der Waals surface area contributed by atoms with E-state index in [2.05, 4.69) is 0 Å². The molecule has 0 amide bonds. The Bertz CT molecular complexity index is 996. The molecule has 30 heavy (non-hydrogen) atoms. The molecule has 0 bridgehead atoms. The number of esters is 1. The molecule has 3 aromatic rings. The third-order valence-electron chi connectivity index (χ3n) is 4.64. The number of rotatable bonds is 8. The van der Waals surface area contributed by atoms with Crippen LogP contribution in [0, 0.1) is 11.8 Å². The van der Waals surface area contributed by atoms with Gasteiger partial charge in [-0.05, 0) is 47.4 Å². The fourth-order valence-corrected chi connectivity index (χ4v) is 3.16. The second-order valence-corrected chi connectivity index (χ2v) is 7.73. The summed E-state index contributed by atoms with van der Waals surface area (Å²) in [6, 6.07) is 24.7. The van der Waals surface area contributed by atoms with Gasteiger partial charge >= 0.3 is 5.97 Å². The number of carbonyl (C=O) groups excluding carboxylic acids is 1. The van der Waals surface area contributed by atoms with Gasteiger partial charge in [0.05, 0.1) is 5.92 Å². The van der Waals surface area contributed by atoms with Gasteiger partial charge in [0.25, 0.3) is 0 Å². The molecule has 0 saturated carbocycles. The summed E-state index contributed by atoms with van der Waals surface area (Å²) >= 11 is 6.20. The molecular formula is C26H25ClO3. The minimum absolute atomic E-state index is 0.101. The first kappa shape index (κ1) is 21.7. The topological polar surface area (TPSA) is 35.5 Å². The first-order valence-corrected chi connectivity index (χ1v) is 10.3. The fraction of sp³-hybridized carbons (Fsp3) is 0.192. The maximum absolute atomic E-state index is 12.7. The Labute approximate surface area is 182 Å². The van der Waals surface area contributed by atoms with Gasteiger partial charge < -0.3 is 9.47 Å². The van der Waals surface area contributed by atoms with E-state index in [0.29, 0.717) is 10.8 Å². The molecule has 1 atom stereocenters. The molecule has 1 unspecified atom stereocenters. The van der Waals surface area contributed by atoms with E-state index in [4.69, 9.17) is 21.1 Å². The molecule has 3 aromatic carbocycles. The van der Waals surface area contributed by atoms with Gasteiger partial charge in [-0.15, -0.1) is 0 Å². The third-order valence-corrected chi connectivity index (χ3v) is 4.98. The van der Waals surface area contributed by atoms with Crippen LogP contribution in [0.3, 0.4) is 0 Å². The van der Waals surface area contributed by atoms with E-state index in [1.165, 1.54) is 0 Å². The van der Waals surface area contributed by atoms with Crippen LogP contribution in [-0.4, -0.2) is 5.97 Å². The smallest absolute Gasteiger partial charge is 0.313 e. The van der Waals surface area contributed by atoms with Gasteiger partial charge in [0.15, 0.2) is 0 Å². The number of hydrogen-bond acceptors (Lipinski definition) is 3. The van der Waals surface area contributed by atoms with Crippen LogP contribution in [-0.2, 0) is 16.1 Å². The Hall–Kier alpha value is -3.04. The van der Waals surface area contributed by atoms with Crippen LogP contribution in [0.2, 0.25) is 5.02 Å². The molecule has 154 valence electrons. The van der Waals surface area contributed by atoms with E-state index >= 15 is 0 Å². The molecule has 4 heteroatoms. The summed E-state index contributed by atoms with van der Waals surface area (Å²) in [5, 5.41) is 0.653. The van der Waals surface area contributed by atoms with Crippen LogP contribution < -0.4 is 4.74 Å². The van der Waals surface area contributed by atoms with Crippen LogP contribution in [0.4, 0.5) is 0 Å². The predicted octanol–water partition coefficient (Wildman–Crippen LogP) is 7.16. The zero-order valence-corrected chi connectivity index (χ0v) is 17.9. The molecule has 0 N–H and O–H groups in total. The number of ether oxygens (including phenoxy) is 2. The van der Waals surface area contributed by atoms with Crippen LogP contribution >= 0.6 is 11.6 Å². The van der Waals surface area contributed by atoms with Crippen molar-refractivity contribution < 1.29 is 14.3 Å². The molecule has 0 spiro atoms. The average Bonchev–Trinajstić information content (AvgIpc) is 2.74. The van der Waals surface area contributed by atoms with Crippen molar-refractivity contribution in [2.24, 2.45) is 11.8 Å². The standard InChI is InChI=1S/C26H25ClO3/c1-19(2)24(16-15-21-10-6-7-14-25(21)27)26(28)29-18-20-9-8-13-23(17-20)30-22-11-4-3-5-12-22/h3-17,19,24H,18H2,1-2H3/b16-15+. The molecule has 0 fully saturated rings. The molecule has 3 nitrogen and oxygen atoms in total. The maximum Gasteiger partial charge on any atom is 0.313 e. The van der Waals surface area contributed by atoms with E-state index < -0.39 is 0 Å². The summed E-state index contributed by atoms with van der Waals surface area (Å²) < 4.78 is 11.4. The molecule has 0 aliphatic rings. The lowest BCUT2D eigenvalue weighted by molar-refractivity contribution is -0.149. The lowest BCUT2D eigenvalue weighted by Gasteiger charge is -2.16. The van der Waals surface area contributed by atoms with Gasteiger partial charge in [0.2, 0.25) is 0 Å². The average molecular weight is 421 g/mol. The summed E-state index contributed by atoms with van der Waals surface area (Å²) in [6.45, 7) is 4.18. The number of hydrogen-bond donors (Lipinski definition) is 0. The number of benzene rings is 3. The minimum Gasteiger partial charge on any atom is -0.460 e. The summed E-state index contributed by atoms with van der Waals surface area (Å²) in [7, 11) is 0. The molecule has 0 aliphatic heterocycles. The number of carbonyl (C=O) groups is 1. The van der Waals surface area contributed by atoms with E-state index in [-0.39, 0.29) is 24.4 Å². The van der Waals surface area contributed by atoms with Crippen LogP contribution in [0.5, 0.6) is 11.5 Å². The first-order valence-electron chi connectivity index (χ1n) is 9.94. The van der Waals surface area contributed by atoms with Gasteiger partial charge in [-0.2, -0.15) is 0 Å². The monoisotopic (exact) mass is 420 g/mol.